The number of nitrogens with zero attached hydrogens (tertiary/aromatic N) is 2. The number of aryl methyl sites for hydroxylation is 1. The van der Waals surface area contributed by atoms with Crippen LogP contribution in [0.5, 0.6) is 0 Å². The molecule has 0 unspecified atom stereocenters. The van der Waals surface area contributed by atoms with Gasteiger partial charge < -0.3 is 15.5 Å². The Kier molecular flexibility index (Phi) is 7.76. The second-order valence-electron chi connectivity index (χ2n) is 6.07. The molecule has 1 aromatic rings. The Labute approximate surface area is 145 Å². The number of rotatable bonds is 6. The minimum absolute atomic E-state index is 0.805. The van der Waals surface area contributed by atoms with E-state index in [1.165, 1.54) is 48.4 Å². The maximum Gasteiger partial charge on any atom is 0.191 e. The van der Waals surface area contributed by atoms with Crippen LogP contribution in [0.4, 0.5) is 0 Å². The maximum absolute atomic E-state index is 4.33. The molecule has 0 atom stereocenters. The first-order chi connectivity index (χ1) is 11.2. The van der Waals surface area contributed by atoms with Crippen LogP contribution in [0.2, 0.25) is 0 Å². The van der Waals surface area contributed by atoms with E-state index >= 15 is 0 Å². The van der Waals surface area contributed by atoms with Crippen LogP contribution in [0.15, 0.2) is 28.1 Å². The van der Waals surface area contributed by atoms with E-state index in [1.807, 2.05) is 7.05 Å². The van der Waals surface area contributed by atoms with Gasteiger partial charge in [0.1, 0.15) is 0 Å². The second-order valence-corrected chi connectivity index (χ2v) is 6.92. The number of benzene rings is 1. The molecule has 0 amide bonds. The molecule has 1 saturated heterocycles. The van der Waals surface area contributed by atoms with E-state index in [0.717, 1.165) is 25.6 Å². The summed E-state index contributed by atoms with van der Waals surface area (Å²) in [7, 11) is 1.83. The molecule has 1 fully saturated rings. The number of aliphatic imine (C=N–C) groups is 1. The molecule has 5 heteroatoms. The molecule has 1 aromatic carbocycles. The molecule has 1 aliphatic rings. The average Bonchev–Trinajstić information content (AvgIpc) is 2.59. The van der Waals surface area contributed by atoms with Gasteiger partial charge in [0.15, 0.2) is 5.96 Å². The molecule has 2 N–H and O–H groups in total. The fourth-order valence-corrected chi connectivity index (χ4v) is 3.62. The lowest BCUT2D eigenvalue weighted by atomic mass is 10.1. The zero-order chi connectivity index (χ0) is 16.5. The maximum atomic E-state index is 4.33. The summed E-state index contributed by atoms with van der Waals surface area (Å²) in [5.74, 6) is 0.884. The largest absolute Gasteiger partial charge is 0.355 e. The Hall–Kier alpha value is -1.20. The topological polar surface area (TPSA) is 39.7 Å². The van der Waals surface area contributed by atoms with Gasteiger partial charge in [-0.15, -0.1) is 11.8 Å². The Morgan fingerprint density at radius 3 is 2.70 bits per heavy atom. The summed E-state index contributed by atoms with van der Waals surface area (Å²) in [6.07, 6.45) is 6.21. The summed E-state index contributed by atoms with van der Waals surface area (Å²) in [6.45, 7) is 7.48. The lowest BCUT2D eigenvalue weighted by molar-refractivity contribution is 0.232. The van der Waals surface area contributed by atoms with Crippen LogP contribution in [-0.4, -0.2) is 50.3 Å². The standard InChI is InChI=1S/C18H30N4S/c1-15-7-8-16(17(13-15)23-3)14-21-18(19-2)20-9-12-22-10-5-4-6-11-22/h7-8,13H,4-6,9-12,14H2,1-3H3,(H2,19,20,21). The van der Waals surface area contributed by atoms with Gasteiger partial charge in [0, 0.05) is 31.6 Å². The summed E-state index contributed by atoms with van der Waals surface area (Å²) < 4.78 is 0. The van der Waals surface area contributed by atoms with Crippen molar-refractivity contribution in [3.63, 3.8) is 0 Å². The first-order valence-corrected chi connectivity index (χ1v) is 9.76. The van der Waals surface area contributed by atoms with Gasteiger partial charge in [-0.05, 0) is 56.3 Å². The third-order valence-electron chi connectivity index (χ3n) is 4.28. The van der Waals surface area contributed by atoms with Crippen molar-refractivity contribution in [2.24, 2.45) is 4.99 Å². The van der Waals surface area contributed by atoms with Crippen molar-refractivity contribution in [1.29, 1.82) is 0 Å². The van der Waals surface area contributed by atoms with Crippen LogP contribution in [0.3, 0.4) is 0 Å². The van der Waals surface area contributed by atoms with E-state index in [1.54, 1.807) is 11.8 Å². The lowest BCUT2D eigenvalue weighted by Gasteiger charge is -2.26. The Balaban J connectivity index is 1.76. The van der Waals surface area contributed by atoms with Crippen LogP contribution >= 0.6 is 11.8 Å². The van der Waals surface area contributed by atoms with E-state index in [0.29, 0.717) is 0 Å². The van der Waals surface area contributed by atoms with Crippen molar-refractivity contribution in [2.75, 3.05) is 39.5 Å². The fraction of sp³-hybridized carbons (Fsp3) is 0.611. The number of likely N-dealkylation sites (tertiary alicyclic amines) is 1. The van der Waals surface area contributed by atoms with Gasteiger partial charge in [0.05, 0.1) is 0 Å². The SMILES string of the molecule is CN=C(NCCN1CCCCC1)NCc1ccc(C)cc1SC. The highest BCUT2D eigenvalue weighted by molar-refractivity contribution is 7.98. The van der Waals surface area contributed by atoms with Gasteiger partial charge in [-0.2, -0.15) is 0 Å². The summed E-state index contributed by atoms with van der Waals surface area (Å²) in [5, 5.41) is 6.85. The molecule has 0 saturated carbocycles. The molecule has 0 spiro atoms. The minimum atomic E-state index is 0.805. The monoisotopic (exact) mass is 334 g/mol. The van der Waals surface area contributed by atoms with Crippen LogP contribution < -0.4 is 10.6 Å². The number of hydrogen-bond acceptors (Lipinski definition) is 3. The number of piperidine rings is 1. The molecular formula is C18H30N4S. The van der Waals surface area contributed by atoms with Gasteiger partial charge in [0.2, 0.25) is 0 Å². The number of hydrogen-bond donors (Lipinski definition) is 2. The van der Waals surface area contributed by atoms with Gasteiger partial charge >= 0.3 is 0 Å². The Morgan fingerprint density at radius 2 is 2.00 bits per heavy atom. The van der Waals surface area contributed by atoms with E-state index in [9.17, 15) is 0 Å². The molecule has 1 aliphatic heterocycles. The zero-order valence-electron chi connectivity index (χ0n) is 14.7. The molecule has 0 bridgehead atoms. The van der Waals surface area contributed by atoms with E-state index in [-0.39, 0.29) is 0 Å². The number of nitrogens with one attached hydrogen (secondary N) is 2. The van der Waals surface area contributed by atoms with Gasteiger partial charge in [-0.1, -0.05) is 18.6 Å². The normalized spacial score (nSPS) is 16.4. The van der Waals surface area contributed by atoms with Gasteiger partial charge in [-0.3, -0.25) is 4.99 Å². The van der Waals surface area contributed by atoms with Crippen molar-refractivity contribution in [3.05, 3.63) is 29.3 Å². The molecular weight excluding hydrogens is 304 g/mol. The molecule has 23 heavy (non-hydrogen) atoms. The fourth-order valence-electron chi connectivity index (χ4n) is 2.91. The van der Waals surface area contributed by atoms with E-state index < -0.39 is 0 Å². The summed E-state index contributed by atoms with van der Waals surface area (Å²) in [6, 6.07) is 6.62. The number of thioether (sulfide) groups is 1. The van der Waals surface area contributed by atoms with Crippen molar-refractivity contribution < 1.29 is 0 Å². The predicted octanol–water partition coefficient (Wildman–Crippen LogP) is 2.87. The van der Waals surface area contributed by atoms with Crippen LogP contribution in [0.25, 0.3) is 0 Å². The van der Waals surface area contributed by atoms with Gasteiger partial charge in [-0.25, -0.2) is 0 Å². The molecule has 0 aliphatic carbocycles. The smallest absolute Gasteiger partial charge is 0.191 e. The zero-order valence-corrected chi connectivity index (χ0v) is 15.5. The molecule has 4 nitrogen and oxygen atoms in total. The molecule has 128 valence electrons. The van der Waals surface area contributed by atoms with Crippen molar-refractivity contribution >= 4 is 17.7 Å². The minimum Gasteiger partial charge on any atom is -0.355 e. The third kappa shape index (κ3) is 6.07. The van der Waals surface area contributed by atoms with Crippen LogP contribution in [0.1, 0.15) is 30.4 Å². The first kappa shape index (κ1) is 18.1. The molecule has 0 aromatic heterocycles. The molecule has 1 heterocycles. The Bertz CT molecular complexity index is 510. The highest BCUT2D eigenvalue weighted by Gasteiger charge is 2.09. The highest BCUT2D eigenvalue weighted by Crippen LogP contribution is 2.21. The average molecular weight is 335 g/mol. The summed E-state index contributed by atoms with van der Waals surface area (Å²) in [4.78, 5) is 8.20. The second kappa shape index (κ2) is 9.83. The predicted molar refractivity (Wildman–Crippen MR) is 101 cm³/mol. The van der Waals surface area contributed by atoms with Crippen LogP contribution in [0, 0.1) is 6.92 Å². The highest BCUT2D eigenvalue weighted by atomic mass is 32.2. The van der Waals surface area contributed by atoms with Crippen molar-refractivity contribution in [1.82, 2.24) is 15.5 Å². The first-order valence-electron chi connectivity index (χ1n) is 8.53. The van der Waals surface area contributed by atoms with Crippen LogP contribution in [-0.2, 0) is 6.54 Å². The lowest BCUT2D eigenvalue weighted by Crippen LogP contribution is -2.42. The number of guanidine groups is 1. The molecule has 2 rings (SSSR count). The Morgan fingerprint density at radius 1 is 1.22 bits per heavy atom. The van der Waals surface area contributed by atoms with Gasteiger partial charge in [0.25, 0.3) is 0 Å². The van der Waals surface area contributed by atoms with Crippen molar-refractivity contribution in [3.8, 4) is 0 Å². The summed E-state index contributed by atoms with van der Waals surface area (Å²) >= 11 is 1.80. The quantitative estimate of drug-likeness (QED) is 0.477. The van der Waals surface area contributed by atoms with E-state index in [4.69, 9.17) is 0 Å². The third-order valence-corrected chi connectivity index (χ3v) is 5.10. The summed E-state index contributed by atoms with van der Waals surface area (Å²) in [5.41, 5.74) is 2.63. The van der Waals surface area contributed by atoms with Crippen molar-refractivity contribution in [2.45, 2.75) is 37.6 Å². The molecule has 0 radical (unpaired) electrons. The van der Waals surface area contributed by atoms with E-state index in [2.05, 4.69) is 51.9 Å².